The van der Waals surface area contributed by atoms with E-state index in [1.807, 2.05) is 0 Å². The average molecular weight is 232 g/mol. The quantitative estimate of drug-likeness (QED) is 0.617. The molecule has 1 aromatic carbocycles. The summed E-state index contributed by atoms with van der Waals surface area (Å²) in [5.74, 6) is 6.61. The van der Waals surface area contributed by atoms with Crippen molar-refractivity contribution >= 4 is 0 Å². The summed E-state index contributed by atoms with van der Waals surface area (Å²) in [5, 5.41) is 0. The Morgan fingerprint density at radius 1 is 1.47 bits per heavy atom. The minimum absolute atomic E-state index is 0.0806. The van der Waals surface area contributed by atoms with Gasteiger partial charge in [-0.2, -0.15) is 0 Å². The highest BCUT2D eigenvalue weighted by Crippen LogP contribution is 2.17. The third-order valence-corrected chi connectivity index (χ3v) is 3.03. The van der Waals surface area contributed by atoms with Crippen molar-refractivity contribution < 1.29 is 4.74 Å². The number of hydrazine groups is 1. The van der Waals surface area contributed by atoms with Gasteiger partial charge in [-0.1, -0.05) is 29.8 Å². The van der Waals surface area contributed by atoms with E-state index in [-0.39, 0.29) is 6.04 Å². The van der Waals surface area contributed by atoms with E-state index in [9.17, 15) is 0 Å². The minimum atomic E-state index is 0.0806. The third-order valence-electron chi connectivity index (χ3n) is 3.03. The first kappa shape index (κ1) is 12.1. The van der Waals surface area contributed by atoms with Crippen molar-refractivity contribution in [2.24, 2.45) is 5.84 Å². The van der Waals surface area contributed by atoms with E-state index >= 15 is 0 Å². The molecule has 1 heterocycles. The fourth-order valence-electron chi connectivity index (χ4n) is 2.14. The first-order valence-electron chi connectivity index (χ1n) is 6.14. The van der Waals surface area contributed by atoms with Crippen LogP contribution in [-0.4, -0.2) is 12.6 Å². The van der Waals surface area contributed by atoms with Gasteiger partial charge in [0, 0.05) is 0 Å². The second-order valence-corrected chi connectivity index (χ2v) is 4.51. The van der Waals surface area contributed by atoms with Gasteiger partial charge in [0.25, 0.3) is 0 Å². The predicted molar refractivity (Wildman–Crippen MR) is 69.3 cm³/mol. The molecular weight excluding hydrogens is 212 g/mol. The van der Waals surface area contributed by atoms with Crippen LogP contribution in [0.25, 0.3) is 0 Å². The lowest BCUT2D eigenvalue weighted by molar-refractivity contribution is 0.167. The Labute approximate surface area is 103 Å². The Balaban J connectivity index is 2.06. The molecule has 0 spiro atoms. The monoisotopic (exact) mass is 232 g/mol. The standard InChI is InChI=1S/C14H20N2O/c1-11-5-4-6-12(9-11)10-13(16-15)14-7-2-3-8-17-14/h4-7,9,13,16H,2-3,8,10,15H2,1H3. The first-order valence-corrected chi connectivity index (χ1v) is 6.14. The molecule has 0 fully saturated rings. The van der Waals surface area contributed by atoms with Crippen LogP contribution in [0.3, 0.4) is 0 Å². The highest BCUT2D eigenvalue weighted by molar-refractivity contribution is 5.24. The van der Waals surface area contributed by atoms with Gasteiger partial charge in [0.2, 0.25) is 0 Å². The van der Waals surface area contributed by atoms with Gasteiger partial charge in [-0.25, -0.2) is 5.43 Å². The van der Waals surface area contributed by atoms with E-state index in [1.165, 1.54) is 11.1 Å². The molecule has 17 heavy (non-hydrogen) atoms. The smallest absolute Gasteiger partial charge is 0.111 e. The molecule has 3 heteroatoms. The molecule has 0 bridgehead atoms. The molecule has 1 unspecified atom stereocenters. The largest absolute Gasteiger partial charge is 0.497 e. The van der Waals surface area contributed by atoms with Gasteiger partial charge in [-0.05, 0) is 37.8 Å². The molecule has 3 N–H and O–H groups in total. The van der Waals surface area contributed by atoms with Crippen molar-refractivity contribution in [2.75, 3.05) is 6.61 Å². The normalized spacial score (nSPS) is 17.2. The molecule has 1 atom stereocenters. The van der Waals surface area contributed by atoms with Gasteiger partial charge in [0.05, 0.1) is 12.6 Å². The van der Waals surface area contributed by atoms with Crippen molar-refractivity contribution in [3.05, 3.63) is 47.2 Å². The molecule has 0 aliphatic carbocycles. The number of hydrogen-bond donors (Lipinski definition) is 2. The van der Waals surface area contributed by atoms with Crippen LogP contribution < -0.4 is 11.3 Å². The average Bonchev–Trinajstić information content (AvgIpc) is 2.37. The molecule has 1 aromatic rings. The van der Waals surface area contributed by atoms with Crippen LogP contribution in [0.15, 0.2) is 36.1 Å². The first-order chi connectivity index (χ1) is 8.29. The molecule has 1 aliphatic rings. The van der Waals surface area contributed by atoms with E-state index in [4.69, 9.17) is 10.6 Å². The molecule has 0 saturated carbocycles. The molecule has 3 nitrogen and oxygen atoms in total. The number of aryl methyl sites for hydroxylation is 1. The van der Waals surface area contributed by atoms with Crippen LogP contribution in [0.5, 0.6) is 0 Å². The van der Waals surface area contributed by atoms with E-state index in [0.717, 1.165) is 31.6 Å². The number of ether oxygens (including phenoxy) is 1. The fourth-order valence-corrected chi connectivity index (χ4v) is 2.14. The van der Waals surface area contributed by atoms with Gasteiger partial charge < -0.3 is 4.74 Å². The lowest BCUT2D eigenvalue weighted by Crippen LogP contribution is -2.39. The van der Waals surface area contributed by atoms with Crippen molar-refractivity contribution in [2.45, 2.75) is 32.2 Å². The van der Waals surface area contributed by atoms with Gasteiger partial charge in [-0.3, -0.25) is 5.84 Å². The summed E-state index contributed by atoms with van der Waals surface area (Å²) in [7, 11) is 0. The predicted octanol–water partition coefficient (Wildman–Crippen LogP) is 2.06. The zero-order chi connectivity index (χ0) is 12.1. The molecule has 0 aromatic heterocycles. The second kappa shape index (κ2) is 5.84. The number of nitrogens with two attached hydrogens (primary N) is 1. The number of allylic oxidation sites excluding steroid dienone is 1. The van der Waals surface area contributed by atoms with Crippen LogP contribution in [0.2, 0.25) is 0 Å². The van der Waals surface area contributed by atoms with Crippen LogP contribution in [0, 0.1) is 6.92 Å². The van der Waals surface area contributed by atoms with Gasteiger partial charge in [0.1, 0.15) is 5.76 Å². The number of benzene rings is 1. The summed E-state index contributed by atoms with van der Waals surface area (Å²) in [6, 6.07) is 8.57. The third kappa shape index (κ3) is 3.32. The van der Waals surface area contributed by atoms with Crippen molar-refractivity contribution in [3.8, 4) is 0 Å². The summed E-state index contributed by atoms with van der Waals surface area (Å²) >= 11 is 0. The number of nitrogens with one attached hydrogen (secondary N) is 1. The Kier molecular flexibility index (Phi) is 4.18. The van der Waals surface area contributed by atoms with Gasteiger partial charge in [0.15, 0.2) is 0 Å². The minimum Gasteiger partial charge on any atom is -0.497 e. The molecule has 0 amide bonds. The van der Waals surface area contributed by atoms with E-state index in [0.29, 0.717) is 0 Å². The highest BCUT2D eigenvalue weighted by atomic mass is 16.5. The summed E-state index contributed by atoms with van der Waals surface area (Å²) in [5.41, 5.74) is 5.40. The van der Waals surface area contributed by atoms with Crippen molar-refractivity contribution in [1.29, 1.82) is 0 Å². The van der Waals surface area contributed by atoms with Crippen LogP contribution in [-0.2, 0) is 11.2 Å². The van der Waals surface area contributed by atoms with E-state index in [2.05, 4.69) is 42.7 Å². The van der Waals surface area contributed by atoms with Crippen molar-refractivity contribution in [1.82, 2.24) is 5.43 Å². The second-order valence-electron chi connectivity index (χ2n) is 4.51. The van der Waals surface area contributed by atoms with Crippen molar-refractivity contribution in [3.63, 3.8) is 0 Å². The Bertz CT molecular complexity index is 401. The zero-order valence-corrected chi connectivity index (χ0v) is 10.3. The highest BCUT2D eigenvalue weighted by Gasteiger charge is 2.16. The number of rotatable bonds is 4. The van der Waals surface area contributed by atoms with Gasteiger partial charge in [-0.15, -0.1) is 0 Å². The summed E-state index contributed by atoms with van der Waals surface area (Å²) in [6.07, 6.45) is 5.19. The summed E-state index contributed by atoms with van der Waals surface area (Å²) in [6.45, 7) is 2.91. The van der Waals surface area contributed by atoms with Crippen LogP contribution in [0.1, 0.15) is 24.0 Å². The maximum absolute atomic E-state index is 5.65. The van der Waals surface area contributed by atoms with Crippen LogP contribution in [0.4, 0.5) is 0 Å². The molecular formula is C14H20N2O. The van der Waals surface area contributed by atoms with E-state index in [1.54, 1.807) is 0 Å². The summed E-state index contributed by atoms with van der Waals surface area (Å²) in [4.78, 5) is 0. The Morgan fingerprint density at radius 2 is 2.35 bits per heavy atom. The Morgan fingerprint density at radius 3 is 3.00 bits per heavy atom. The van der Waals surface area contributed by atoms with E-state index < -0.39 is 0 Å². The molecule has 92 valence electrons. The molecule has 0 radical (unpaired) electrons. The fraction of sp³-hybridized carbons (Fsp3) is 0.429. The topological polar surface area (TPSA) is 47.3 Å². The lowest BCUT2D eigenvalue weighted by atomic mass is 10.0. The number of hydrogen-bond acceptors (Lipinski definition) is 3. The Hall–Kier alpha value is -1.32. The van der Waals surface area contributed by atoms with Gasteiger partial charge >= 0.3 is 0 Å². The maximum Gasteiger partial charge on any atom is 0.111 e. The summed E-state index contributed by atoms with van der Waals surface area (Å²) < 4.78 is 5.65. The zero-order valence-electron chi connectivity index (χ0n) is 10.3. The molecule has 0 saturated heterocycles. The molecule has 2 rings (SSSR count). The van der Waals surface area contributed by atoms with Crippen LogP contribution >= 0.6 is 0 Å². The lowest BCUT2D eigenvalue weighted by Gasteiger charge is -2.23. The maximum atomic E-state index is 5.65. The SMILES string of the molecule is Cc1cccc(CC(NN)C2=CCCCO2)c1. The molecule has 1 aliphatic heterocycles.